The second-order valence-electron chi connectivity index (χ2n) is 5.44. The van der Waals surface area contributed by atoms with Gasteiger partial charge >= 0.3 is 0 Å². The van der Waals surface area contributed by atoms with Crippen LogP contribution in [0, 0.1) is 0 Å². The predicted octanol–water partition coefficient (Wildman–Crippen LogP) is 3.75. The van der Waals surface area contributed by atoms with Crippen LogP contribution in [0.15, 0.2) is 42.5 Å². The Hall–Kier alpha value is -2.62. The van der Waals surface area contributed by atoms with E-state index in [1.807, 2.05) is 18.2 Å². The number of benzene rings is 2. The van der Waals surface area contributed by atoms with E-state index in [2.05, 4.69) is 29.6 Å². The van der Waals surface area contributed by atoms with Gasteiger partial charge in [-0.2, -0.15) is 0 Å². The Labute approximate surface area is 129 Å². The molecule has 0 radical (unpaired) electrons. The Morgan fingerprint density at radius 1 is 1.00 bits per heavy atom. The number of unbranched alkanes of at least 4 members (excludes halogenated alkanes) is 2. The highest BCUT2D eigenvalue weighted by molar-refractivity contribution is 5.94. The van der Waals surface area contributed by atoms with Gasteiger partial charge in [0.1, 0.15) is 6.29 Å². The molecule has 0 spiro atoms. The molecule has 4 nitrogen and oxygen atoms in total. The van der Waals surface area contributed by atoms with Gasteiger partial charge in [0.25, 0.3) is 0 Å². The molecule has 3 N–H and O–H groups in total. The largest absolute Gasteiger partial charge is 0.399 e. The lowest BCUT2D eigenvalue weighted by Gasteiger charge is -2.08. The third-order valence-electron chi connectivity index (χ3n) is 3.71. The Balaban J connectivity index is 1.82. The van der Waals surface area contributed by atoms with Crippen molar-refractivity contribution in [3.05, 3.63) is 42.5 Å². The van der Waals surface area contributed by atoms with Crippen molar-refractivity contribution in [2.75, 3.05) is 17.6 Å². The molecule has 0 saturated heterocycles. The van der Waals surface area contributed by atoms with Crippen LogP contribution in [0.25, 0.3) is 21.8 Å². The van der Waals surface area contributed by atoms with Gasteiger partial charge in [-0.05, 0) is 43.2 Å². The molecule has 0 aliphatic carbocycles. The first-order chi connectivity index (χ1) is 10.8. The van der Waals surface area contributed by atoms with Crippen LogP contribution in [-0.4, -0.2) is 17.8 Å². The van der Waals surface area contributed by atoms with Crippen LogP contribution in [-0.2, 0) is 4.79 Å². The highest BCUT2D eigenvalue weighted by atomic mass is 16.1. The molecular formula is C18H19N3O. The molecule has 3 aromatic rings. The van der Waals surface area contributed by atoms with E-state index in [9.17, 15) is 4.79 Å². The Kier molecular flexibility index (Phi) is 4.19. The zero-order valence-corrected chi connectivity index (χ0v) is 12.4. The van der Waals surface area contributed by atoms with E-state index in [4.69, 9.17) is 10.7 Å². The van der Waals surface area contributed by atoms with Gasteiger partial charge in [0.15, 0.2) is 0 Å². The fourth-order valence-corrected chi connectivity index (χ4v) is 2.53. The number of aldehydes is 1. The van der Waals surface area contributed by atoms with Crippen LogP contribution in [0.2, 0.25) is 0 Å². The van der Waals surface area contributed by atoms with Gasteiger partial charge in [0, 0.05) is 35.1 Å². The average Bonchev–Trinajstić information content (AvgIpc) is 2.52. The maximum absolute atomic E-state index is 10.3. The molecule has 0 amide bonds. The molecule has 0 fully saturated rings. The summed E-state index contributed by atoms with van der Waals surface area (Å²) in [5.41, 5.74) is 9.47. The molecule has 0 unspecified atom stereocenters. The maximum Gasteiger partial charge on any atom is 0.119 e. The van der Waals surface area contributed by atoms with Crippen molar-refractivity contribution in [1.82, 2.24) is 4.98 Å². The summed E-state index contributed by atoms with van der Waals surface area (Å²) in [5, 5.41) is 5.58. The standard InChI is InChI=1S/C18H19N3O/c19-15-6-4-13-10-14-5-7-16(20-8-2-1-3-9-22)12-18(14)21-17(13)11-15/h4-7,9-12,20H,1-3,8,19H2. The number of nitrogens with one attached hydrogen (secondary N) is 1. The zero-order valence-electron chi connectivity index (χ0n) is 12.4. The van der Waals surface area contributed by atoms with Crippen molar-refractivity contribution < 1.29 is 4.79 Å². The molecule has 0 aliphatic heterocycles. The lowest BCUT2D eigenvalue weighted by molar-refractivity contribution is -0.107. The lowest BCUT2D eigenvalue weighted by atomic mass is 10.1. The van der Waals surface area contributed by atoms with Crippen molar-refractivity contribution in [3.8, 4) is 0 Å². The molecule has 1 heterocycles. The maximum atomic E-state index is 10.3. The van der Waals surface area contributed by atoms with E-state index in [-0.39, 0.29) is 0 Å². The molecule has 112 valence electrons. The highest BCUT2D eigenvalue weighted by Gasteiger charge is 2.02. The Morgan fingerprint density at radius 2 is 1.77 bits per heavy atom. The topological polar surface area (TPSA) is 68.0 Å². The first-order valence-corrected chi connectivity index (χ1v) is 7.54. The van der Waals surface area contributed by atoms with E-state index < -0.39 is 0 Å². The lowest BCUT2D eigenvalue weighted by Crippen LogP contribution is -2.01. The van der Waals surface area contributed by atoms with Crippen LogP contribution in [0.5, 0.6) is 0 Å². The van der Waals surface area contributed by atoms with Crippen LogP contribution in [0.4, 0.5) is 11.4 Å². The van der Waals surface area contributed by atoms with Crippen molar-refractivity contribution in [1.29, 1.82) is 0 Å². The number of rotatable bonds is 6. The van der Waals surface area contributed by atoms with E-state index in [1.165, 1.54) is 0 Å². The second kappa shape index (κ2) is 6.43. The number of nitrogens with zero attached hydrogens (tertiary/aromatic N) is 1. The number of hydrogen-bond acceptors (Lipinski definition) is 4. The summed E-state index contributed by atoms with van der Waals surface area (Å²) in [6, 6.07) is 14.1. The summed E-state index contributed by atoms with van der Waals surface area (Å²) in [4.78, 5) is 15.0. The smallest absolute Gasteiger partial charge is 0.119 e. The van der Waals surface area contributed by atoms with Gasteiger partial charge in [-0.1, -0.05) is 12.1 Å². The number of nitrogens with two attached hydrogens (primary N) is 1. The Morgan fingerprint density at radius 3 is 2.59 bits per heavy atom. The van der Waals surface area contributed by atoms with E-state index >= 15 is 0 Å². The summed E-state index contributed by atoms with van der Waals surface area (Å²) in [6.45, 7) is 0.861. The van der Waals surface area contributed by atoms with Crippen molar-refractivity contribution in [3.63, 3.8) is 0 Å². The van der Waals surface area contributed by atoms with Crippen LogP contribution >= 0.6 is 0 Å². The van der Waals surface area contributed by atoms with Crippen LogP contribution < -0.4 is 11.1 Å². The van der Waals surface area contributed by atoms with Crippen molar-refractivity contribution in [2.24, 2.45) is 0 Å². The molecular weight excluding hydrogens is 274 g/mol. The molecule has 22 heavy (non-hydrogen) atoms. The summed E-state index contributed by atoms with van der Waals surface area (Å²) >= 11 is 0. The molecule has 0 bridgehead atoms. The molecule has 0 atom stereocenters. The number of pyridine rings is 1. The minimum Gasteiger partial charge on any atom is -0.399 e. The van der Waals surface area contributed by atoms with Crippen LogP contribution in [0.3, 0.4) is 0 Å². The van der Waals surface area contributed by atoms with Gasteiger partial charge in [-0.3, -0.25) is 0 Å². The highest BCUT2D eigenvalue weighted by Crippen LogP contribution is 2.23. The van der Waals surface area contributed by atoms with Gasteiger partial charge in [0.2, 0.25) is 0 Å². The fourth-order valence-electron chi connectivity index (χ4n) is 2.53. The SMILES string of the molecule is Nc1ccc2cc3ccc(NCCCCC=O)cc3nc2c1. The van der Waals surface area contributed by atoms with Gasteiger partial charge in [0.05, 0.1) is 11.0 Å². The summed E-state index contributed by atoms with van der Waals surface area (Å²) < 4.78 is 0. The fraction of sp³-hybridized carbons (Fsp3) is 0.222. The minimum absolute atomic E-state index is 0.633. The molecule has 3 rings (SSSR count). The van der Waals surface area contributed by atoms with Gasteiger partial charge < -0.3 is 15.8 Å². The number of fused-ring (bicyclic) bond motifs is 2. The van der Waals surface area contributed by atoms with Crippen LogP contribution in [0.1, 0.15) is 19.3 Å². The van der Waals surface area contributed by atoms with Gasteiger partial charge in [-0.25, -0.2) is 4.98 Å². The van der Waals surface area contributed by atoms with E-state index in [1.54, 1.807) is 0 Å². The average molecular weight is 293 g/mol. The third-order valence-corrected chi connectivity index (χ3v) is 3.71. The second-order valence-corrected chi connectivity index (χ2v) is 5.44. The minimum atomic E-state index is 0.633. The normalized spacial score (nSPS) is 10.9. The number of nitrogen functional groups attached to an aromatic ring is 1. The van der Waals surface area contributed by atoms with Gasteiger partial charge in [-0.15, -0.1) is 0 Å². The molecule has 4 heteroatoms. The number of carbonyl (C=O) groups excluding carboxylic acids is 1. The van der Waals surface area contributed by atoms with Crippen molar-refractivity contribution in [2.45, 2.75) is 19.3 Å². The quantitative estimate of drug-likeness (QED) is 0.314. The number of anilines is 2. The molecule has 1 aromatic heterocycles. The summed E-state index contributed by atoms with van der Waals surface area (Å²) in [5.74, 6) is 0. The molecule has 0 aliphatic rings. The first-order valence-electron chi connectivity index (χ1n) is 7.54. The number of hydrogen-bond donors (Lipinski definition) is 2. The molecule has 2 aromatic carbocycles. The van der Waals surface area contributed by atoms with E-state index in [0.717, 1.165) is 58.9 Å². The third kappa shape index (κ3) is 3.17. The van der Waals surface area contributed by atoms with E-state index in [0.29, 0.717) is 6.42 Å². The summed E-state index contributed by atoms with van der Waals surface area (Å²) in [6.07, 6.45) is 3.51. The summed E-state index contributed by atoms with van der Waals surface area (Å²) in [7, 11) is 0. The number of carbonyl (C=O) groups is 1. The zero-order chi connectivity index (χ0) is 15.4. The molecule has 0 saturated carbocycles. The first kappa shape index (κ1) is 14.3. The predicted molar refractivity (Wildman–Crippen MR) is 92.1 cm³/mol. The monoisotopic (exact) mass is 293 g/mol. The van der Waals surface area contributed by atoms with Crippen molar-refractivity contribution >= 4 is 39.5 Å². The number of aromatic nitrogens is 1. The Bertz CT molecular complexity index is 814.